The smallest absolute Gasteiger partial charge is 0.353 e. The zero-order valence-corrected chi connectivity index (χ0v) is 11.0. The summed E-state index contributed by atoms with van der Waals surface area (Å²) in [5.74, 6) is 0.0309. The minimum atomic E-state index is -0.555. The molecular formula is C11H16N6O3. The fourth-order valence-electron chi connectivity index (χ4n) is 2.03. The number of nitro groups is 1. The number of carbonyl (C=O) groups excluding carboxylic acids is 1. The summed E-state index contributed by atoms with van der Waals surface area (Å²) in [5.41, 5.74) is -0.243. The van der Waals surface area contributed by atoms with Crippen LogP contribution in [0.3, 0.4) is 0 Å². The number of piperidine rings is 1. The average molecular weight is 280 g/mol. The van der Waals surface area contributed by atoms with Crippen molar-refractivity contribution in [1.29, 1.82) is 0 Å². The van der Waals surface area contributed by atoms with Gasteiger partial charge in [0.25, 0.3) is 0 Å². The molecule has 0 aromatic carbocycles. The third-order valence-electron chi connectivity index (χ3n) is 2.95. The van der Waals surface area contributed by atoms with Crippen LogP contribution < -0.4 is 16.0 Å². The van der Waals surface area contributed by atoms with Crippen molar-refractivity contribution in [2.75, 3.05) is 23.7 Å². The van der Waals surface area contributed by atoms with Crippen LogP contribution in [0, 0.1) is 10.1 Å². The molecular weight excluding hydrogens is 264 g/mol. The molecule has 1 aliphatic rings. The van der Waals surface area contributed by atoms with E-state index in [1.165, 1.54) is 6.33 Å². The van der Waals surface area contributed by atoms with E-state index < -0.39 is 11.0 Å². The van der Waals surface area contributed by atoms with Crippen molar-refractivity contribution in [2.24, 2.45) is 0 Å². The van der Waals surface area contributed by atoms with Gasteiger partial charge < -0.3 is 16.0 Å². The summed E-state index contributed by atoms with van der Waals surface area (Å²) in [5, 5.41) is 19.5. The van der Waals surface area contributed by atoms with Crippen LogP contribution in [-0.4, -0.2) is 39.9 Å². The van der Waals surface area contributed by atoms with Crippen LogP contribution in [0.2, 0.25) is 0 Å². The molecule has 1 saturated heterocycles. The Morgan fingerprint density at radius 3 is 2.90 bits per heavy atom. The zero-order chi connectivity index (χ0) is 14.5. The highest BCUT2D eigenvalue weighted by Gasteiger charge is 2.28. The topological polar surface area (TPSA) is 122 Å². The van der Waals surface area contributed by atoms with Gasteiger partial charge in [0, 0.05) is 13.1 Å². The van der Waals surface area contributed by atoms with E-state index in [-0.39, 0.29) is 23.2 Å². The Kier molecular flexibility index (Phi) is 4.28. The Morgan fingerprint density at radius 1 is 1.50 bits per heavy atom. The summed E-state index contributed by atoms with van der Waals surface area (Å²) in [7, 11) is 0. The molecule has 1 unspecified atom stereocenters. The average Bonchev–Trinajstić information content (AvgIpc) is 2.41. The van der Waals surface area contributed by atoms with Crippen molar-refractivity contribution >= 4 is 23.2 Å². The first-order valence-electron chi connectivity index (χ1n) is 6.41. The van der Waals surface area contributed by atoms with Crippen molar-refractivity contribution in [3.8, 4) is 0 Å². The van der Waals surface area contributed by atoms with Crippen molar-refractivity contribution in [3.63, 3.8) is 0 Å². The fourth-order valence-corrected chi connectivity index (χ4v) is 2.03. The molecule has 0 bridgehead atoms. The molecule has 3 N–H and O–H groups in total. The van der Waals surface area contributed by atoms with E-state index in [1.807, 2.05) is 6.92 Å². The lowest BCUT2D eigenvalue weighted by molar-refractivity contribution is -0.383. The molecule has 2 rings (SSSR count). The number of hydrogen-bond acceptors (Lipinski definition) is 7. The second kappa shape index (κ2) is 6.13. The summed E-state index contributed by atoms with van der Waals surface area (Å²) in [6, 6.07) is -0.508. The van der Waals surface area contributed by atoms with Gasteiger partial charge in [0.2, 0.25) is 17.5 Å². The van der Waals surface area contributed by atoms with Gasteiger partial charge in [-0.3, -0.25) is 14.9 Å². The van der Waals surface area contributed by atoms with Crippen molar-refractivity contribution in [3.05, 3.63) is 16.4 Å². The maximum absolute atomic E-state index is 11.7. The molecule has 1 aliphatic heterocycles. The number of rotatable bonds is 5. The summed E-state index contributed by atoms with van der Waals surface area (Å²) in [4.78, 5) is 30.1. The number of nitrogens with zero attached hydrogens (tertiary/aromatic N) is 3. The minimum Gasteiger partial charge on any atom is -0.364 e. The van der Waals surface area contributed by atoms with Gasteiger partial charge in [0.15, 0.2) is 0 Å². The van der Waals surface area contributed by atoms with Crippen LogP contribution in [0.15, 0.2) is 6.33 Å². The monoisotopic (exact) mass is 280 g/mol. The Labute approximate surface area is 115 Å². The van der Waals surface area contributed by atoms with Gasteiger partial charge in [-0.15, -0.1) is 0 Å². The fraction of sp³-hybridized carbons (Fsp3) is 0.545. The van der Waals surface area contributed by atoms with Crippen LogP contribution in [-0.2, 0) is 4.79 Å². The summed E-state index contributed by atoms with van der Waals surface area (Å²) in [6.07, 6.45) is 2.67. The Bertz CT molecular complexity index is 521. The Morgan fingerprint density at radius 2 is 2.25 bits per heavy atom. The number of nitrogens with one attached hydrogen (secondary N) is 3. The van der Waals surface area contributed by atoms with Gasteiger partial charge in [-0.2, -0.15) is 0 Å². The minimum absolute atomic E-state index is 0.0583. The molecule has 1 fully saturated rings. The summed E-state index contributed by atoms with van der Waals surface area (Å²) >= 11 is 0. The summed E-state index contributed by atoms with van der Waals surface area (Å²) < 4.78 is 0. The highest BCUT2D eigenvalue weighted by molar-refractivity contribution is 5.86. The van der Waals surface area contributed by atoms with Crippen molar-refractivity contribution in [2.45, 2.75) is 25.8 Å². The molecule has 0 radical (unpaired) electrons. The molecule has 0 aliphatic carbocycles. The molecule has 2 heterocycles. The van der Waals surface area contributed by atoms with Gasteiger partial charge in [0.05, 0.1) is 4.92 Å². The van der Waals surface area contributed by atoms with Crippen LogP contribution >= 0.6 is 0 Å². The first-order valence-corrected chi connectivity index (χ1v) is 6.41. The van der Waals surface area contributed by atoms with Gasteiger partial charge in [-0.25, -0.2) is 9.97 Å². The maximum Gasteiger partial charge on any atom is 0.353 e. The zero-order valence-electron chi connectivity index (χ0n) is 11.0. The van der Waals surface area contributed by atoms with Gasteiger partial charge in [0.1, 0.15) is 12.4 Å². The van der Waals surface area contributed by atoms with E-state index in [2.05, 4.69) is 25.9 Å². The molecule has 1 aromatic rings. The second-order valence-corrected chi connectivity index (χ2v) is 4.34. The number of hydrogen-bond donors (Lipinski definition) is 3. The van der Waals surface area contributed by atoms with Gasteiger partial charge >= 0.3 is 5.69 Å². The van der Waals surface area contributed by atoms with E-state index in [9.17, 15) is 14.9 Å². The highest BCUT2D eigenvalue weighted by Crippen LogP contribution is 2.29. The molecule has 1 atom stereocenters. The molecule has 108 valence electrons. The third-order valence-corrected chi connectivity index (χ3v) is 2.95. The van der Waals surface area contributed by atoms with E-state index in [0.717, 1.165) is 6.42 Å². The molecule has 1 amide bonds. The van der Waals surface area contributed by atoms with Crippen LogP contribution in [0.5, 0.6) is 0 Å². The van der Waals surface area contributed by atoms with E-state index in [0.29, 0.717) is 19.5 Å². The van der Waals surface area contributed by atoms with E-state index >= 15 is 0 Å². The largest absolute Gasteiger partial charge is 0.364 e. The summed E-state index contributed by atoms with van der Waals surface area (Å²) in [6.45, 7) is 2.94. The molecule has 0 spiro atoms. The highest BCUT2D eigenvalue weighted by atomic mass is 16.6. The van der Waals surface area contributed by atoms with Crippen LogP contribution in [0.4, 0.5) is 17.3 Å². The first-order chi connectivity index (χ1) is 9.63. The van der Waals surface area contributed by atoms with Gasteiger partial charge in [-0.1, -0.05) is 0 Å². The molecule has 0 saturated carbocycles. The van der Waals surface area contributed by atoms with Crippen LogP contribution in [0.25, 0.3) is 0 Å². The standard InChI is InChI=1S/C11H16N6O3/c1-2-12-9-8(17(19)20)10(15-6-14-9)16-7-4-3-5-13-11(7)18/h6-7H,2-5H2,1H3,(H,13,18)(H2,12,14,15,16). The number of anilines is 2. The predicted octanol–water partition coefficient (Wildman–Crippen LogP) is 0.507. The first kappa shape index (κ1) is 14.0. The third kappa shape index (κ3) is 2.92. The SMILES string of the molecule is CCNc1ncnc(NC2CCCNC2=O)c1[N+](=O)[O-]. The van der Waals surface area contributed by atoms with Crippen molar-refractivity contribution in [1.82, 2.24) is 15.3 Å². The Hall–Kier alpha value is -2.45. The number of carbonyl (C=O) groups is 1. The molecule has 20 heavy (non-hydrogen) atoms. The molecule has 9 nitrogen and oxygen atoms in total. The van der Waals surface area contributed by atoms with Crippen molar-refractivity contribution < 1.29 is 9.72 Å². The lowest BCUT2D eigenvalue weighted by atomic mass is 10.1. The predicted molar refractivity (Wildman–Crippen MR) is 72.5 cm³/mol. The number of amides is 1. The lowest BCUT2D eigenvalue weighted by Crippen LogP contribution is -2.44. The molecule has 9 heteroatoms. The van der Waals surface area contributed by atoms with E-state index in [1.54, 1.807) is 0 Å². The number of aromatic nitrogens is 2. The maximum atomic E-state index is 11.7. The quantitative estimate of drug-likeness (QED) is 0.530. The second-order valence-electron chi connectivity index (χ2n) is 4.34. The molecule has 1 aromatic heterocycles. The Balaban J connectivity index is 2.28. The van der Waals surface area contributed by atoms with Gasteiger partial charge in [-0.05, 0) is 19.8 Å². The lowest BCUT2D eigenvalue weighted by Gasteiger charge is -2.23. The van der Waals surface area contributed by atoms with E-state index in [4.69, 9.17) is 0 Å². The normalized spacial score (nSPS) is 18.2. The van der Waals surface area contributed by atoms with Crippen LogP contribution in [0.1, 0.15) is 19.8 Å².